The van der Waals surface area contributed by atoms with Gasteiger partial charge >= 0.3 is 0 Å². The molecular weight excluding hydrogens is 194 g/mol. The van der Waals surface area contributed by atoms with Gasteiger partial charge in [-0.05, 0) is 30.7 Å². The molecule has 0 radical (unpaired) electrons. The number of hydrogen-bond acceptors (Lipinski definition) is 3. The van der Waals surface area contributed by atoms with E-state index in [1.165, 1.54) is 6.42 Å². The van der Waals surface area contributed by atoms with E-state index in [1.54, 1.807) is 0 Å². The molecule has 0 bridgehead atoms. The molecule has 2 N–H and O–H groups in total. The van der Waals surface area contributed by atoms with Crippen LogP contribution in [0.2, 0.25) is 0 Å². The molecule has 0 heterocycles. The summed E-state index contributed by atoms with van der Waals surface area (Å²) in [7, 11) is 0. The monoisotopic (exact) mass is 213 g/mol. The van der Waals surface area contributed by atoms with Crippen molar-refractivity contribution in [1.29, 1.82) is 0 Å². The van der Waals surface area contributed by atoms with E-state index >= 15 is 0 Å². The van der Waals surface area contributed by atoms with Crippen molar-refractivity contribution in [3.63, 3.8) is 0 Å². The van der Waals surface area contributed by atoms with E-state index < -0.39 is 6.10 Å². The van der Waals surface area contributed by atoms with Crippen LogP contribution in [0.1, 0.15) is 38.5 Å². The van der Waals surface area contributed by atoms with E-state index in [9.17, 15) is 10.2 Å². The molecule has 1 aliphatic rings. The first-order valence-electron chi connectivity index (χ1n) is 5.61. The molecule has 0 aromatic rings. The SMILES string of the molecule is [N-]=[N+]=NC[C@@H](O)C[C@@H]1CCCCC[C@@H]1O. The van der Waals surface area contributed by atoms with Gasteiger partial charge in [0.05, 0.1) is 18.8 Å². The molecule has 3 atom stereocenters. The third-order valence-electron chi connectivity index (χ3n) is 3.05. The van der Waals surface area contributed by atoms with Crippen molar-refractivity contribution in [3.05, 3.63) is 10.4 Å². The summed E-state index contributed by atoms with van der Waals surface area (Å²) >= 11 is 0. The second-order valence-corrected chi connectivity index (χ2v) is 4.27. The van der Waals surface area contributed by atoms with Crippen molar-refractivity contribution < 1.29 is 10.2 Å². The summed E-state index contributed by atoms with van der Waals surface area (Å²) in [6.45, 7) is 0.111. The van der Waals surface area contributed by atoms with E-state index in [0.29, 0.717) is 6.42 Å². The van der Waals surface area contributed by atoms with E-state index in [4.69, 9.17) is 5.53 Å². The summed E-state index contributed by atoms with van der Waals surface area (Å²) in [5, 5.41) is 22.7. The number of nitrogens with zero attached hydrogens (tertiary/aromatic N) is 3. The molecule has 0 aliphatic heterocycles. The van der Waals surface area contributed by atoms with Gasteiger partial charge in [0.1, 0.15) is 0 Å². The molecule has 1 aliphatic carbocycles. The van der Waals surface area contributed by atoms with Crippen LogP contribution in [0.3, 0.4) is 0 Å². The second-order valence-electron chi connectivity index (χ2n) is 4.27. The smallest absolute Gasteiger partial charge is 0.0600 e. The zero-order valence-electron chi connectivity index (χ0n) is 8.92. The molecule has 5 nitrogen and oxygen atoms in total. The van der Waals surface area contributed by atoms with Gasteiger partial charge < -0.3 is 10.2 Å². The van der Waals surface area contributed by atoms with Gasteiger partial charge in [-0.2, -0.15) is 0 Å². The van der Waals surface area contributed by atoms with Gasteiger partial charge in [-0.15, -0.1) is 0 Å². The van der Waals surface area contributed by atoms with E-state index in [2.05, 4.69) is 10.0 Å². The first-order valence-corrected chi connectivity index (χ1v) is 5.61. The topological polar surface area (TPSA) is 89.2 Å². The largest absolute Gasteiger partial charge is 0.393 e. The van der Waals surface area contributed by atoms with Crippen LogP contribution in [0, 0.1) is 5.92 Å². The fourth-order valence-corrected chi connectivity index (χ4v) is 2.19. The lowest BCUT2D eigenvalue weighted by Crippen LogP contribution is -2.25. The Morgan fingerprint density at radius 1 is 1.33 bits per heavy atom. The second kappa shape index (κ2) is 6.67. The van der Waals surface area contributed by atoms with Crippen LogP contribution < -0.4 is 0 Å². The number of aliphatic hydroxyl groups is 2. The molecular formula is C10H19N3O2. The van der Waals surface area contributed by atoms with Crippen molar-refractivity contribution in [3.8, 4) is 0 Å². The van der Waals surface area contributed by atoms with Crippen LogP contribution in [-0.2, 0) is 0 Å². The summed E-state index contributed by atoms with van der Waals surface area (Å²) in [6.07, 6.45) is 4.79. The van der Waals surface area contributed by atoms with Gasteiger partial charge in [-0.1, -0.05) is 24.4 Å². The Labute approximate surface area is 89.7 Å². The van der Waals surface area contributed by atoms with Crippen molar-refractivity contribution >= 4 is 0 Å². The van der Waals surface area contributed by atoms with Crippen molar-refractivity contribution in [1.82, 2.24) is 0 Å². The summed E-state index contributed by atoms with van der Waals surface area (Å²) in [5.74, 6) is 0.163. The number of aliphatic hydroxyl groups excluding tert-OH is 2. The van der Waals surface area contributed by atoms with Gasteiger partial charge in [0.2, 0.25) is 0 Å². The molecule has 1 rings (SSSR count). The Morgan fingerprint density at radius 2 is 2.07 bits per heavy atom. The maximum Gasteiger partial charge on any atom is 0.0600 e. The number of rotatable bonds is 4. The first-order chi connectivity index (χ1) is 7.24. The van der Waals surface area contributed by atoms with Crippen LogP contribution >= 0.6 is 0 Å². The zero-order chi connectivity index (χ0) is 11.1. The highest BCUT2D eigenvalue weighted by Crippen LogP contribution is 2.27. The molecule has 15 heavy (non-hydrogen) atoms. The minimum atomic E-state index is -0.612. The van der Waals surface area contributed by atoms with Crippen LogP contribution in [0.5, 0.6) is 0 Å². The third-order valence-corrected chi connectivity index (χ3v) is 3.05. The highest BCUT2D eigenvalue weighted by Gasteiger charge is 2.23. The predicted molar refractivity (Wildman–Crippen MR) is 57.2 cm³/mol. The Balaban J connectivity index is 2.36. The highest BCUT2D eigenvalue weighted by atomic mass is 16.3. The van der Waals surface area contributed by atoms with E-state index in [0.717, 1.165) is 25.7 Å². The fraction of sp³-hybridized carbons (Fsp3) is 1.00. The lowest BCUT2D eigenvalue weighted by atomic mass is 9.91. The average Bonchev–Trinajstić information content (AvgIpc) is 2.42. The Hall–Kier alpha value is -0.770. The third kappa shape index (κ3) is 4.51. The normalized spacial score (nSPS) is 28.9. The van der Waals surface area contributed by atoms with Crippen LogP contribution in [0.25, 0.3) is 10.4 Å². The molecule has 1 saturated carbocycles. The predicted octanol–water partition coefficient (Wildman–Crippen LogP) is 1.99. The molecule has 0 aromatic heterocycles. The van der Waals surface area contributed by atoms with Gasteiger partial charge in [-0.3, -0.25) is 0 Å². The minimum Gasteiger partial charge on any atom is -0.393 e. The summed E-state index contributed by atoms with van der Waals surface area (Å²) < 4.78 is 0. The molecule has 5 heteroatoms. The van der Waals surface area contributed by atoms with Crippen LogP contribution in [0.4, 0.5) is 0 Å². The molecule has 0 spiro atoms. The molecule has 0 aromatic carbocycles. The standard InChI is InChI=1S/C10H19N3O2/c11-13-12-7-9(14)6-8-4-2-1-3-5-10(8)15/h8-10,14-15H,1-7H2/t8-,9-,10-/m0/s1. The van der Waals surface area contributed by atoms with Crippen molar-refractivity contribution in [2.24, 2.45) is 11.0 Å². The maximum absolute atomic E-state index is 9.81. The summed E-state index contributed by atoms with van der Waals surface area (Å²) in [4.78, 5) is 2.61. The lowest BCUT2D eigenvalue weighted by molar-refractivity contribution is 0.0596. The first kappa shape index (κ1) is 12.3. The number of hydrogen-bond donors (Lipinski definition) is 2. The quantitative estimate of drug-likeness (QED) is 0.323. The Morgan fingerprint density at radius 3 is 2.80 bits per heavy atom. The molecule has 86 valence electrons. The maximum atomic E-state index is 9.81. The molecule has 0 saturated heterocycles. The van der Waals surface area contributed by atoms with Gasteiger partial charge in [0.15, 0.2) is 0 Å². The van der Waals surface area contributed by atoms with Crippen LogP contribution in [0.15, 0.2) is 5.11 Å². The molecule has 0 unspecified atom stereocenters. The van der Waals surface area contributed by atoms with E-state index in [1.807, 2.05) is 0 Å². The summed E-state index contributed by atoms with van der Waals surface area (Å²) in [6, 6.07) is 0. The van der Waals surface area contributed by atoms with Gasteiger partial charge in [-0.25, -0.2) is 0 Å². The lowest BCUT2D eigenvalue weighted by Gasteiger charge is -2.22. The van der Waals surface area contributed by atoms with Crippen LogP contribution in [-0.4, -0.2) is 29.0 Å². The average molecular weight is 213 g/mol. The van der Waals surface area contributed by atoms with E-state index in [-0.39, 0.29) is 18.6 Å². The van der Waals surface area contributed by atoms with Crippen molar-refractivity contribution in [2.45, 2.75) is 50.7 Å². The zero-order valence-corrected chi connectivity index (χ0v) is 8.92. The van der Waals surface area contributed by atoms with Gasteiger partial charge in [0, 0.05) is 4.91 Å². The molecule has 1 fully saturated rings. The van der Waals surface area contributed by atoms with Gasteiger partial charge in [0.25, 0.3) is 0 Å². The molecule has 0 amide bonds. The summed E-state index contributed by atoms with van der Waals surface area (Å²) in [5.41, 5.74) is 8.12. The Kier molecular flexibility index (Phi) is 5.47. The minimum absolute atomic E-state index is 0.111. The number of azide groups is 1. The highest BCUT2D eigenvalue weighted by molar-refractivity contribution is 4.76. The Bertz CT molecular complexity index is 229. The van der Waals surface area contributed by atoms with Crippen molar-refractivity contribution in [2.75, 3.05) is 6.54 Å². The fourth-order valence-electron chi connectivity index (χ4n) is 2.19.